The zero-order valence-corrected chi connectivity index (χ0v) is 13.4. The van der Waals surface area contributed by atoms with Gasteiger partial charge in [0.25, 0.3) is 0 Å². The topological polar surface area (TPSA) is 87.1 Å². The number of aliphatic hydroxyl groups is 1. The number of hydrogen-bond acceptors (Lipinski definition) is 4. The molecule has 0 radical (unpaired) electrons. The van der Waals surface area contributed by atoms with Gasteiger partial charge in [-0.25, -0.2) is 4.79 Å². The number of β-amino-alcohol motifs (C(OH)–C–C–N with tert-alkyl or cyclic N) is 1. The molecule has 2 rings (SSSR count). The van der Waals surface area contributed by atoms with Gasteiger partial charge in [-0.15, -0.1) is 0 Å². The molecule has 6 heteroatoms. The Hall–Kier alpha value is -2.08. The number of likely N-dealkylation sites (tertiary alicyclic amines) is 1. The van der Waals surface area contributed by atoms with Gasteiger partial charge in [-0.1, -0.05) is 13.8 Å². The lowest BCUT2D eigenvalue weighted by Gasteiger charge is -2.36. The van der Waals surface area contributed by atoms with Crippen LogP contribution in [0.2, 0.25) is 0 Å². The van der Waals surface area contributed by atoms with Crippen LogP contribution in [0.1, 0.15) is 37.0 Å². The minimum atomic E-state index is -0.991. The van der Waals surface area contributed by atoms with E-state index in [0.717, 1.165) is 0 Å². The first-order chi connectivity index (χ1) is 10.8. The van der Waals surface area contributed by atoms with Gasteiger partial charge in [-0.3, -0.25) is 4.79 Å². The molecule has 1 aromatic rings. The van der Waals surface area contributed by atoms with Crippen LogP contribution in [0.15, 0.2) is 24.3 Å². The third-order valence-electron chi connectivity index (χ3n) is 3.73. The van der Waals surface area contributed by atoms with Crippen molar-refractivity contribution in [3.63, 3.8) is 0 Å². The van der Waals surface area contributed by atoms with Crippen LogP contribution in [0.3, 0.4) is 0 Å². The summed E-state index contributed by atoms with van der Waals surface area (Å²) in [7, 11) is 0. The summed E-state index contributed by atoms with van der Waals surface area (Å²) in [5.41, 5.74) is 0.190. The Balaban J connectivity index is 1.98. The molecule has 126 valence electrons. The average Bonchev–Trinajstić information content (AvgIpc) is 2.46. The van der Waals surface area contributed by atoms with Crippen molar-refractivity contribution in [1.29, 1.82) is 0 Å². The van der Waals surface area contributed by atoms with Crippen molar-refractivity contribution in [2.24, 2.45) is 5.92 Å². The van der Waals surface area contributed by atoms with Crippen molar-refractivity contribution in [1.82, 2.24) is 4.90 Å². The second-order valence-electron chi connectivity index (χ2n) is 6.36. The molecule has 23 heavy (non-hydrogen) atoms. The number of benzene rings is 1. The maximum atomic E-state index is 12.2. The predicted octanol–water partition coefficient (Wildman–Crippen LogP) is 1.77. The highest BCUT2D eigenvalue weighted by molar-refractivity contribution is 5.87. The number of aliphatic hydroxyl groups excluding tert-OH is 1. The van der Waals surface area contributed by atoms with Crippen molar-refractivity contribution in [3.8, 4) is 5.75 Å². The van der Waals surface area contributed by atoms with E-state index in [1.54, 1.807) is 17.0 Å². The first kappa shape index (κ1) is 17.3. The maximum absolute atomic E-state index is 12.2. The van der Waals surface area contributed by atoms with Gasteiger partial charge in [0.05, 0.1) is 18.2 Å². The highest BCUT2D eigenvalue weighted by Gasteiger charge is 2.30. The van der Waals surface area contributed by atoms with E-state index in [0.29, 0.717) is 31.7 Å². The lowest BCUT2D eigenvalue weighted by molar-refractivity contribution is -0.137. The maximum Gasteiger partial charge on any atom is 0.335 e. The molecule has 0 bridgehead atoms. The number of ether oxygens (including phenoxy) is 1. The standard InChI is InChI=1S/C17H23NO5/c1-11(2)7-16(20)18-9-13(19)8-15(10-18)23-14-5-3-12(4-6-14)17(21)22/h3-6,11,13,15,19H,7-10H2,1-2H3,(H,21,22)/t13-,15-/m1/s1. The molecule has 1 aliphatic rings. The first-order valence-corrected chi connectivity index (χ1v) is 7.81. The average molecular weight is 321 g/mol. The fraction of sp³-hybridized carbons (Fsp3) is 0.529. The Morgan fingerprint density at radius 1 is 1.26 bits per heavy atom. The van der Waals surface area contributed by atoms with Gasteiger partial charge in [0.15, 0.2) is 0 Å². The Morgan fingerprint density at radius 2 is 1.91 bits per heavy atom. The molecule has 1 fully saturated rings. The molecule has 1 saturated heterocycles. The second-order valence-corrected chi connectivity index (χ2v) is 6.36. The largest absolute Gasteiger partial charge is 0.488 e. The fourth-order valence-corrected chi connectivity index (χ4v) is 2.66. The molecule has 0 aliphatic carbocycles. The molecule has 0 aromatic heterocycles. The Kier molecular flexibility index (Phi) is 5.60. The molecule has 0 spiro atoms. The van der Waals surface area contributed by atoms with Crippen LogP contribution in [0.4, 0.5) is 0 Å². The molecule has 0 unspecified atom stereocenters. The van der Waals surface area contributed by atoms with Gasteiger partial charge >= 0.3 is 5.97 Å². The fourth-order valence-electron chi connectivity index (χ4n) is 2.66. The summed E-state index contributed by atoms with van der Waals surface area (Å²) in [5.74, 6) is -0.168. The quantitative estimate of drug-likeness (QED) is 0.863. The molecular weight excluding hydrogens is 298 g/mol. The molecular formula is C17H23NO5. The first-order valence-electron chi connectivity index (χ1n) is 7.81. The van der Waals surface area contributed by atoms with Gasteiger partial charge in [0.1, 0.15) is 11.9 Å². The monoisotopic (exact) mass is 321 g/mol. The minimum Gasteiger partial charge on any atom is -0.488 e. The normalized spacial score (nSPS) is 21.3. The zero-order valence-electron chi connectivity index (χ0n) is 13.4. The van der Waals surface area contributed by atoms with Crippen molar-refractivity contribution in [2.45, 2.75) is 38.9 Å². The Bertz CT molecular complexity index is 555. The SMILES string of the molecule is CC(C)CC(=O)N1C[C@H](O)C[C@@H](Oc2ccc(C(=O)O)cc2)C1. The summed E-state index contributed by atoms with van der Waals surface area (Å²) < 4.78 is 5.80. The van der Waals surface area contributed by atoms with Gasteiger partial charge in [-0.2, -0.15) is 0 Å². The summed E-state index contributed by atoms with van der Waals surface area (Å²) in [6.45, 7) is 4.74. The van der Waals surface area contributed by atoms with Crippen LogP contribution in [0.25, 0.3) is 0 Å². The van der Waals surface area contributed by atoms with Crippen molar-refractivity contribution in [3.05, 3.63) is 29.8 Å². The van der Waals surface area contributed by atoms with Gasteiger partial charge < -0.3 is 19.8 Å². The van der Waals surface area contributed by atoms with E-state index in [4.69, 9.17) is 9.84 Å². The van der Waals surface area contributed by atoms with Gasteiger partial charge in [0.2, 0.25) is 5.91 Å². The smallest absolute Gasteiger partial charge is 0.335 e. The van der Waals surface area contributed by atoms with E-state index < -0.39 is 12.1 Å². The molecule has 1 amide bonds. The number of carbonyl (C=O) groups excluding carboxylic acids is 1. The van der Waals surface area contributed by atoms with E-state index >= 15 is 0 Å². The van der Waals surface area contributed by atoms with E-state index in [1.807, 2.05) is 13.8 Å². The summed E-state index contributed by atoms with van der Waals surface area (Å²) in [5, 5.41) is 18.9. The highest BCUT2D eigenvalue weighted by atomic mass is 16.5. The zero-order chi connectivity index (χ0) is 17.0. The number of nitrogens with zero attached hydrogens (tertiary/aromatic N) is 1. The lowest BCUT2D eigenvalue weighted by Crippen LogP contribution is -2.50. The van der Waals surface area contributed by atoms with Gasteiger partial charge in [-0.05, 0) is 30.2 Å². The van der Waals surface area contributed by atoms with Crippen LogP contribution in [0.5, 0.6) is 5.75 Å². The molecule has 0 saturated carbocycles. The van der Waals surface area contributed by atoms with Crippen molar-refractivity contribution < 1.29 is 24.5 Å². The molecule has 1 heterocycles. The van der Waals surface area contributed by atoms with Crippen molar-refractivity contribution >= 4 is 11.9 Å². The highest BCUT2D eigenvalue weighted by Crippen LogP contribution is 2.20. The Morgan fingerprint density at radius 3 is 2.48 bits per heavy atom. The second kappa shape index (κ2) is 7.46. The van der Waals surface area contributed by atoms with E-state index in [9.17, 15) is 14.7 Å². The molecule has 6 nitrogen and oxygen atoms in total. The number of piperidine rings is 1. The van der Waals surface area contributed by atoms with Crippen LogP contribution in [-0.4, -0.2) is 52.3 Å². The van der Waals surface area contributed by atoms with Crippen molar-refractivity contribution in [2.75, 3.05) is 13.1 Å². The summed E-state index contributed by atoms with van der Waals surface area (Å²) >= 11 is 0. The minimum absolute atomic E-state index is 0.0218. The van der Waals surface area contributed by atoms with Crippen LogP contribution < -0.4 is 4.74 Å². The number of rotatable bonds is 5. The molecule has 1 aromatic carbocycles. The van der Waals surface area contributed by atoms with Crippen LogP contribution in [-0.2, 0) is 4.79 Å². The van der Waals surface area contributed by atoms with E-state index in [2.05, 4.69) is 0 Å². The number of hydrogen-bond donors (Lipinski definition) is 2. The predicted molar refractivity (Wildman–Crippen MR) is 84.5 cm³/mol. The molecule has 2 N–H and O–H groups in total. The third kappa shape index (κ3) is 4.96. The Labute approximate surface area is 135 Å². The number of carboxylic acid groups (broad SMARTS) is 1. The van der Waals surface area contributed by atoms with E-state index in [1.165, 1.54) is 12.1 Å². The number of amides is 1. The number of aromatic carboxylic acids is 1. The van der Waals surface area contributed by atoms with Crippen LogP contribution in [0, 0.1) is 5.92 Å². The molecule has 1 aliphatic heterocycles. The van der Waals surface area contributed by atoms with Gasteiger partial charge in [0, 0.05) is 19.4 Å². The summed E-state index contributed by atoms with van der Waals surface area (Å²) in [4.78, 5) is 24.6. The number of carbonyl (C=O) groups is 2. The summed E-state index contributed by atoms with van der Waals surface area (Å²) in [6, 6.07) is 6.12. The summed E-state index contributed by atoms with van der Waals surface area (Å²) in [6.07, 6.45) is -0.00694. The molecule has 2 atom stereocenters. The lowest BCUT2D eigenvalue weighted by atomic mass is 10.0. The number of carboxylic acids is 1. The van der Waals surface area contributed by atoms with Crippen LogP contribution >= 0.6 is 0 Å². The third-order valence-corrected chi connectivity index (χ3v) is 3.73. The van der Waals surface area contributed by atoms with E-state index in [-0.39, 0.29) is 23.5 Å².